The zero-order valence-electron chi connectivity index (χ0n) is 16.5. The molecule has 1 saturated carbocycles. The highest BCUT2D eigenvalue weighted by Crippen LogP contribution is 2.43. The minimum atomic E-state index is 0.522. The van der Waals surface area contributed by atoms with E-state index in [-0.39, 0.29) is 0 Å². The Bertz CT molecular complexity index is 828. The number of aliphatic imine (C=N–C) groups is 1. The van der Waals surface area contributed by atoms with Crippen LogP contribution in [0.5, 0.6) is 0 Å². The number of aromatic nitrogens is 2. The quantitative estimate of drug-likeness (QED) is 0.615. The summed E-state index contributed by atoms with van der Waals surface area (Å²) in [6, 6.07) is 7.48. The monoisotopic (exact) mass is 401 g/mol. The highest BCUT2D eigenvalue weighted by Gasteiger charge is 2.39. The minimum Gasteiger partial charge on any atom is -0.356 e. The molecule has 2 heterocycles. The van der Waals surface area contributed by atoms with E-state index < -0.39 is 0 Å². The van der Waals surface area contributed by atoms with Crippen molar-refractivity contribution in [3.63, 3.8) is 0 Å². The molecule has 2 aliphatic rings. The van der Waals surface area contributed by atoms with Crippen molar-refractivity contribution >= 4 is 17.6 Å². The number of likely N-dealkylation sites (tertiary alicyclic amines) is 1. The molecule has 28 heavy (non-hydrogen) atoms. The average molecular weight is 402 g/mol. The molecule has 6 nitrogen and oxygen atoms in total. The molecule has 1 N–H and O–H groups in total. The summed E-state index contributed by atoms with van der Waals surface area (Å²) >= 11 is 6.04. The molecular weight excluding hydrogens is 374 g/mol. The third-order valence-corrected chi connectivity index (χ3v) is 6.27. The molecule has 7 heteroatoms. The van der Waals surface area contributed by atoms with E-state index in [4.69, 9.17) is 16.1 Å². The Kier molecular flexibility index (Phi) is 5.85. The highest BCUT2D eigenvalue weighted by atomic mass is 35.5. The van der Waals surface area contributed by atoms with Crippen LogP contribution in [0.4, 0.5) is 0 Å². The fraction of sp³-hybridized carbons (Fsp3) is 0.571. The Morgan fingerprint density at radius 1 is 1.29 bits per heavy atom. The van der Waals surface area contributed by atoms with Gasteiger partial charge in [0.1, 0.15) is 0 Å². The lowest BCUT2D eigenvalue weighted by molar-refractivity contribution is 0.203. The fourth-order valence-corrected chi connectivity index (χ4v) is 4.73. The molecule has 1 aliphatic carbocycles. The number of guanidine groups is 1. The van der Waals surface area contributed by atoms with Crippen LogP contribution in [0.2, 0.25) is 5.02 Å². The molecule has 2 fully saturated rings. The van der Waals surface area contributed by atoms with Crippen molar-refractivity contribution in [3.05, 3.63) is 35.2 Å². The number of hydrogen-bond donors (Lipinski definition) is 1. The molecule has 0 unspecified atom stereocenters. The second-order valence-corrected chi connectivity index (χ2v) is 8.41. The number of rotatable bonds is 4. The minimum absolute atomic E-state index is 0.522. The lowest BCUT2D eigenvalue weighted by Crippen LogP contribution is -2.42. The van der Waals surface area contributed by atoms with Crippen LogP contribution in [0, 0.1) is 5.41 Å². The number of halogens is 1. The first kappa shape index (κ1) is 19.2. The molecule has 1 spiro atoms. The SMILES string of the molecule is CN=C(NCCc1nc(-c2cccc(Cl)c2)no1)N1CCC2(CCCCC2)C1. The van der Waals surface area contributed by atoms with Crippen molar-refractivity contribution in [1.82, 2.24) is 20.4 Å². The van der Waals surface area contributed by atoms with Gasteiger partial charge in [-0.2, -0.15) is 4.98 Å². The average Bonchev–Trinajstić information content (AvgIpc) is 3.34. The second kappa shape index (κ2) is 8.52. The number of nitrogens with zero attached hydrogens (tertiary/aromatic N) is 4. The Labute approximate surface area is 171 Å². The van der Waals surface area contributed by atoms with Gasteiger partial charge >= 0.3 is 0 Å². The third kappa shape index (κ3) is 4.32. The van der Waals surface area contributed by atoms with Crippen molar-refractivity contribution < 1.29 is 4.52 Å². The molecule has 1 saturated heterocycles. The molecule has 1 aromatic heterocycles. The molecule has 150 valence electrons. The molecular formula is C21H28ClN5O. The van der Waals surface area contributed by atoms with E-state index in [1.165, 1.54) is 38.5 Å². The summed E-state index contributed by atoms with van der Waals surface area (Å²) in [7, 11) is 1.86. The van der Waals surface area contributed by atoms with Crippen LogP contribution in [0.15, 0.2) is 33.8 Å². The summed E-state index contributed by atoms with van der Waals surface area (Å²) in [6.45, 7) is 2.94. The van der Waals surface area contributed by atoms with Crippen molar-refractivity contribution in [2.45, 2.75) is 44.9 Å². The van der Waals surface area contributed by atoms with E-state index in [0.29, 0.717) is 35.1 Å². The molecule has 0 amide bonds. The molecule has 0 radical (unpaired) electrons. The van der Waals surface area contributed by atoms with Crippen molar-refractivity contribution in [3.8, 4) is 11.4 Å². The van der Waals surface area contributed by atoms with Crippen molar-refractivity contribution in [1.29, 1.82) is 0 Å². The van der Waals surface area contributed by atoms with Gasteiger partial charge in [0.2, 0.25) is 11.7 Å². The Hall–Kier alpha value is -2.08. The van der Waals surface area contributed by atoms with Gasteiger partial charge in [-0.25, -0.2) is 0 Å². The maximum absolute atomic E-state index is 6.04. The molecule has 0 atom stereocenters. The smallest absolute Gasteiger partial charge is 0.228 e. The lowest BCUT2D eigenvalue weighted by atomic mass is 9.73. The van der Waals surface area contributed by atoms with E-state index in [0.717, 1.165) is 24.6 Å². The van der Waals surface area contributed by atoms with Gasteiger partial charge in [-0.1, -0.05) is 48.2 Å². The molecule has 1 aromatic carbocycles. The van der Waals surface area contributed by atoms with Gasteiger partial charge in [-0.15, -0.1) is 0 Å². The summed E-state index contributed by atoms with van der Waals surface area (Å²) < 4.78 is 5.39. The normalized spacial score (nSPS) is 19.4. The standard InChI is InChI=1S/C21H28ClN5O/c1-23-20(27-13-11-21(15-27)9-3-2-4-10-21)24-12-8-18-25-19(26-28-18)16-6-5-7-17(22)14-16/h5-7,14H,2-4,8-13,15H2,1H3,(H,23,24). The summed E-state index contributed by atoms with van der Waals surface area (Å²) in [6.07, 6.45) is 8.85. The van der Waals surface area contributed by atoms with E-state index in [1.54, 1.807) is 0 Å². The molecule has 4 rings (SSSR count). The largest absolute Gasteiger partial charge is 0.356 e. The summed E-state index contributed by atoms with van der Waals surface area (Å²) in [5, 5.41) is 8.20. The van der Waals surface area contributed by atoms with Crippen LogP contribution in [-0.2, 0) is 6.42 Å². The zero-order chi connectivity index (χ0) is 19.4. The Morgan fingerprint density at radius 2 is 2.14 bits per heavy atom. The van der Waals surface area contributed by atoms with Crippen LogP contribution in [0.25, 0.3) is 11.4 Å². The van der Waals surface area contributed by atoms with Gasteiger partial charge in [-0.05, 0) is 36.8 Å². The lowest BCUT2D eigenvalue weighted by Gasteiger charge is -2.33. The molecule has 0 bridgehead atoms. The summed E-state index contributed by atoms with van der Waals surface area (Å²) in [5.41, 5.74) is 1.38. The first-order valence-electron chi connectivity index (χ1n) is 10.2. The van der Waals surface area contributed by atoms with Crippen LogP contribution in [0.3, 0.4) is 0 Å². The maximum atomic E-state index is 6.04. The van der Waals surface area contributed by atoms with Gasteiger partial charge in [0.15, 0.2) is 5.96 Å². The number of benzene rings is 1. The molecule has 2 aromatic rings. The van der Waals surface area contributed by atoms with Gasteiger partial charge < -0.3 is 14.7 Å². The maximum Gasteiger partial charge on any atom is 0.228 e. The Balaban J connectivity index is 1.30. The van der Waals surface area contributed by atoms with E-state index in [2.05, 4.69) is 25.3 Å². The second-order valence-electron chi connectivity index (χ2n) is 7.98. The van der Waals surface area contributed by atoms with E-state index in [1.807, 2.05) is 31.3 Å². The van der Waals surface area contributed by atoms with Gasteiger partial charge in [0.05, 0.1) is 0 Å². The highest BCUT2D eigenvalue weighted by molar-refractivity contribution is 6.30. The third-order valence-electron chi connectivity index (χ3n) is 6.04. The van der Waals surface area contributed by atoms with Crippen LogP contribution in [0.1, 0.15) is 44.4 Å². The van der Waals surface area contributed by atoms with E-state index in [9.17, 15) is 0 Å². The van der Waals surface area contributed by atoms with Crippen LogP contribution < -0.4 is 5.32 Å². The van der Waals surface area contributed by atoms with Crippen LogP contribution in [-0.4, -0.2) is 47.7 Å². The summed E-state index contributed by atoms with van der Waals surface area (Å²) in [5.74, 6) is 2.17. The predicted molar refractivity (Wildman–Crippen MR) is 112 cm³/mol. The predicted octanol–water partition coefficient (Wildman–Crippen LogP) is 4.16. The topological polar surface area (TPSA) is 66.5 Å². The van der Waals surface area contributed by atoms with Crippen LogP contribution >= 0.6 is 11.6 Å². The summed E-state index contributed by atoms with van der Waals surface area (Å²) in [4.78, 5) is 11.4. The number of nitrogens with one attached hydrogen (secondary N) is 1. The van der Waals surface area contributed by atoms with Gasteiger partial charge in [0, 0.05) is 43.7 Å². The fourth-order valence-electron chi connectivity index (χ4n) is 4.54. The zero-order valence-corrected chi connectivity index (χ0v) is 17.2. The van der Waals surface area contributed by atoms with E-state index >= 15 is 0 Å². The van der Waals surface area contributed by atoms with Crippen molar-refractivity contribution in [2.75, 3.05) is 26.7 Å². The van der Waals surface area contributed by atoms with Gasteiger partial charge in [0.25, 0.3) is 0 Å². The molecule has 1 aliphatic heterocycles. The first-order valence-corrected chi connectivity index (χ1v) is 10.6. The van der Waals surface area contributed by atoms with Crippen molar-refractivity contribution in [2.24, 2.45) is 10.4 Å². The Morgan fingerprint density at radius 3 is 2.93 bits per heavy atom. The van der Waals surface area contributed by atoms with Gasteiger partial charge in [-0.3, -0.25) is 4.99 Å². The first-order chi connectivity index (χ1) is 13.7. The number of hydrogen-bond acceptors (Lipinski definition) is 4.